The first-order chi connectivity index (χ1) is 16.4. The van der Waals surface area contributed by atoms with Crippen molar-refractivity contribution in [3.63, 3.8) is 0 Å². The monoisotopic (exact) mass is 470 g/mol. The van der Waals surface area contributed by atoms with Crippen LogP contribution in [-0.4, -0.2) is 36.6 Å². The normalized spacial score (nSPS) is 10.4. The zero-order valence-electron chi connectivity index (χ0n) is 18.6. The number of hydrazone groups is 1. The van der Waals surface area contributed by atoms with Crippen LogP contribution in [0.15, 0.2) is 78.4 Å². The third-order valence-corrected chi connectivity index (χ3v) is 5.01. The molecule has 0 spiro atoms. The van der Waals surface area contributed by atoms with Gasteiger partial charge in [-0.3, -0.25) is 14.6 Å². The number of benzene rings is 3. The quantitative estimate of drug-likeness (QED) is 0.263. The third-order valence-electron chi connectivity index (χ3n) is 4.78. The second-order valence-corrected chi connectivity index (χ2v) is 7.75. The first-order valence-electron chi connectivity index (χ1n) is 10.3. The lowest BCUT2D eigenvalue weighted by atomic mass is 10.1. The van der Waals surface area contributed by atoms with Gasteiger partial charge in [-0.15, -0.1) is 6.42 Å². The summed E-state index contributed by atoms with van der Waals surface area (Å²) < 4.78 is 0. The fourth-order valence-electron chi connectivity index (χ4n) is 2.97. The zero-order chi connectivity index (χ0) is 24.5. The summed E-state index contributed by atoms with van der Waals surface area (Å²) in [7, 11) is 1.77. The van der Waals surface area contributed by atoms with E-state index in [-0.39, 0.29) is 11.5 Å². The Hall–Kier alpha value is -4.34. The van der Waals surface area contributed by atoms with Crippen LogP contribution < -0.4 is 10.6 Å². The van der Waals surface area contributed by atoms with E-state index < -0.39 is 5.91 Å². The first-order valence-corrected chi connectivity index (χ1v) is 10.7. The largest absolute Gasteiger partial charge is 0.322 e. The van der Waals surface area contributed by atoms with Gasteiger partial charge in [0.2, 0.25) is 0 Å². The lowest BCUT2D eigenvalue weighted by Crippen LogP contribution is -2.18. The molecule has 3 aromatic rings. The maximum absolute atomic E-state index is 12.9. The molecule has 0 aliphatic carbocycles. The van der Waals surface area contributed by atoms with Gasteiger partial charge >= 0.3 is 0 Å². The second kappa shape index (κ2) is 11.5. The Morgan fingerprint density at radius 2 is 1.71 bits per heavy atom. The number of carbonyl (C=O) groups is 2. The van der Waals surface area contributed by atoms with Crippen molar-refractivity contribution in [3.05, 3.63) is 101 Å². The van der Waals surface area contributed by atoms with Crippen molar-refractivity contribution in [2.24, 2.45) is 5.10 Å². The summed E-state index contributed by atoms with van der Waals surface area (Å²) >= 11 is 6.12. The lowest BCUT2D eigenvalue weighted by Gasteiger charge is -2.12. The SMILES string of the molecule is C#CCN(C)N=Cc1ccc(C(=O)Nc2ccc(Cl)cc2C(=O)Nc2ccc(C=C)cc2)cc1. The number of hydrogen-bond donors (Lipinski definition) is 2. The lowest BCUT2D eigenvalue weighted by molar-refractivity contribution is 0.102. The predicted octanol–water partition coefficient (Wildman–Crippen LogP) is 5.39. The Morgan fingerprint density at radius 1 is 1.03 bits per heavy atom. The van der Waals surface area contributed by atoms with Gasteiger partial charge in [-0.25, -0.2) is 0 Å². The van der Waals surface area contributed by atoms with Gasteiger partial charge in [0.1, 0.15) is 0 Å². The number of anilines is 2. The molecular weight excluding hydrogens is 448 g/mol. The van der Waals surface area contributed by atoms with E-state index in [2.05, 4.69) is 28.2 Å². The Bertz CT molecular complexity index is 1260. The molecule has 0 atom stereocenters. The standard InChI is InChI=1S/C27H23ClN4O2/c1-4-16-32(3)29-18-20-6-10-21(11-7-20)26(33)31-25-15-12-22(28)17-24(25)27(34)30-23-13-8-19(5-2)9-14-23/h1,5-15,17-18H,2,16H2,3H3,(H,30,34)(H,31,33). The minimum absolute atomic E-state index is 0.244. The number of terminal acetylenes is 1. The molecule has 0 saturated carbocycles. The molecule has 170 valence electrons. The van der Waals surface area contributed by atoms with Crippen LogP contribution >= 0.6 is 11.6 Å². The van der Waals surface area contributed by atoms with Crippen molar-refractivity contribution in [1.82, 2.24) is 5.01 Å². The van der Waals surface area contributed by atoms with E-state index in [9.17, 15) is 9.59 Å². The molecule has 0 aromatic heterocycles. The highest BCUT2D eigenvalue weighted by atomic mass is 35.5. The van der Waals surface area contributed by atoms with Gasteiger partial charge in [0.25, 0.3) is 11.8 Å². The smallest absolute Gasteiger partial charge is 0.257 e. The molecule has 0 aliphatic rings. The summed E-state index contributed by atoms with van der Waals surface area (Å²) in [5, 5.41) is 11.8. The van der Waals surface area contributed by atoms with Crippen molar-refractivity contribution < 1.29 is 9.59 Å². The maximum atomic E-state index is 12.9. The van der Waals surface area contributed by atoms with Crippen molar-refractivity contribution in [2.45, 2.75) is 0 Å². The number of amides is 2. The molecule has 0 unspecified atom stereocenters. The van der Waals surface area contributed by atoms with Crippen LogP contribution in [0, 0.1) is 12.3 Å². The molecule has 0 radical (unpaired) electrons. The van der Waals surface area contributed by atoms with Crippen molar-refractivity contribution in [2.75, 3.05) is 24.2 Å². The van der Waals surface area contributed by atoms with E-state index in [0.29, 0.717) is 28.5 Å². The average molecular weight is 471 g/mol. The number of rotatable bonds is 8. The Kier molecular flexibility index (Phi) is 8.22. The van der Waals surface area contributed by atoms with E-state index in [0.717, 1.165) is 11.1 Å². The molecule has 3 aromatic carbocycles. The second-order valence-electron chi connectivity index (χ2n) is 7.31. The van der Waals surface area contributed by atoms with Crippen molar-refractivity contribution in [3.8, 4) is 12.3 Å². The summed E-state index contributed by atoms with van der Waals surface area (Å²) in [5.74, 6) is 1.75. The fourth-order valence-corrected chi connectivity index (χ4v) is 3.14. The number of halogens is 1. The average Bonchev–Trinajstić information content (AvgIpc) is 2.84. The molecular formula is C27H23ClN4O2. The summed E-state index contributed by atoms with van der Waals surface area (Å²) in [6, 6.07) is 18.8. The molecule has 0 heterocycles. The molecule has 7 heteroatoms. The fraction of sp³-hybridized carbons (Fsp3) is 0.0741. The van der Waals surface area contributed by atoms with E-state index in [1.165, 1.54) is 6.07 Å². The van der Waals surface area contributed by atoms with E-state index in [4.69, 9.17) is 18.0 Å². The van der Waals surface area contributed by atoms with Gasteiger partial charge in [-0.05, 0) is 53.6 Å². The summed E-state index contributed by atoms with van der Waals surface area (Å²) in [5.41, 5.74) is 3.37. The number of nitrogens with one attached hydrogen (secondary N) is 2. The van der Waals surface area contributed by atoms with Crippen LogP contribution in [0.5, 0.6) is 0 Å². The zero-order valence-corrected chi connectivity index (χ0v) is 19.3. The van der Waals surface area contributed by atoms with Crippen LogP contribution in [0.1, 0.15) is 31.8 Å². The molecule has 34 heavy (non-hydrogen) atoms. The third kappa shape index (κ3) is 6.58. The van der Waals surface area contributed by atoms with E-state index in [1.807, 2.05) is 12.1 Å². The summed E-state index contributed by atoms with van der Waals surface area (Å²) in [4.78, 5) is 25.7. The molecule has 6 nitrogen and oxygen atoms in total. The number of nitrogens with zero attached hydrogens (tertiary/aromatic N) is 2. The van der Waals surface area contributed by atoms with Crippen LogP contribution in [0.4, 0.5) is 11.4 Å². The molecule has 3 rings (SSSR count). The maximum Gasteiger partial charge on any atom is 0.257 e. The molecule has 2 amide bonds. The van der Waals surface area contributed by atoms with E-state index in [1.54, 1.807) is 72.9 Å². The summed E-state index contributed by atoms with van der Waals surface area (Å²) in [6.07, 6.45) is 8.63. The van der Waals surface area contributed by atoms with Crippen LogP contribution in [0.25, 0.3) is 6.08 Å². The highest BCUT2D eigenvalue weighted by Crippen LogP contribution is 2.23. The predicted molar refractivity (Wildman–Crippen MR) is 139 cm³/mol. The number of carbonyl (C=O) groups excluding carboxylic acids is 2. The highest BCUT2D eigenvalue weighted by molar-refractivity contribution is 6.31. The summed E-state index contributed by atoms with van der Waals surface area (Å²) in [6.45, 7) is 4.11. The van der Waals surface area contributed by atoms with Gasteiger partial charge in [0.15, 0.2) is 0 Å². The van der Waals surface area contributed by atoms with Crippen LogP contribution in [0.3, 0.4) is 0 Å². The van der Waals surface area contributed by atoms with Crippen molar-refractivity contribution in [1.29, 1.82) is 0 Å². The van der Waals surface area contributed by atoms with Gasteiger partial charge < -0.3 is 10.6 Å². The Morgan fingerprint density at radius 3 is 2.35 bits per heavy atom. The molecule has 0 fully saturated rings. The Balaban J connectivity index is 1.73. The number of hydrogen-bond acceptors (Lipinski definition) is 4. The topological polar surface area (TPSA) is 73.8 Å². The minimum atomic E-state index is -0.396. The molecule has 2 N–H and O–H groups in total. The first kappa shape index (κ1) is 24.3. The van der Waals surface area contributed by atoms with Gasteiger partial charge in [-0.2, -0.15) is 5.10 Å². The van der Waals surface area contributed by atoms with Crippen LogP contribution in [-0.2, 0) is 0 Å². The van der Waals surface area contributed by atoms with Gasteiger partial charge in [0.05, 0.1) is 24.0 Å². The minimum Gasteiger partial charge on any atom is -0.322 e. The molecule has 0 bridgehead atoms. The van der Waals surface area contributed by atoms with Crippen molar-refractivity contribution >= 4 is 47.1 Å². The molecule has 0 aliphatic heterocycles. The highest BCUT2D eigenvalue weighted by Gasteiger charge is 2.16. The van der Waals surface area contributed by atoms with Crippen LogP contribution in [0.2, 0.25) is 5.02 Å². The molecule has 0 saturated heterocycles. The van der Waals surface area contributed by atoms with Gasteiger partial charge in [-0.1, -0.05) is 54.4 Å². The van der Waals surface area contributed by atoms with Gasteiger partial charge in [0, 0.05) is 23.3 Å². The van der Waals surface area contributed by atoms with E-state index >= 15 is 0 Å². The Labute approximate surface area is 203 Å².